The van der Waals surface area contributed by atoms with Gasteiger partial charge in [0.05, 0.1) is 5.56 Å². The van der Waals surface area contributed by atoms with Gasteiger partial charge in [-0.3, -0.25) is 14.6 Å². The number of aldehydes is 1. The van der Waals surface area contributed by atoms with Crippen molar-refractivity contribution in [3.05, 3.63) is 48.2 Å². The molecular formula is C14H13N5O2. The molecule has 7 nitrogen and oxygen atoms in total. The molecule has 7 heteroatoms. The minimum absolute atomic E-state index is 0.222. The van der Waals surface area contributed by atoms with Crippen LogP contribution < -0.4 is 4.74 Å². The van der Waals surface area contributed by atoms with Gasteiger partial charge in [-0.25, -0.2) is 4.98 Å². The largest absolute Gasteiger partial charge is 0.468 e. The van der Waals surface area contributed by atoms with Crippen molar-refractivity contribution in [2.24, 2.45) is 7.05 Å². The summed E-state index contributed by atoms with van der Waals surface area (Å²) in [6.07, 6.45) is 2.18. The number of nitrogens with zero attached hydrogens (tertiary/aromatic N) is 4. The number of ether oxygens (including phenoxy) is 1. The summed E-state index contributed by atoms with van der Waals surface area (Å²) in [5.74, 6) is 1.04. The average Bonchev–Trinajstić information content (AvgIpc) is 3.11. The zero-order chi connectivity index (χ0) is 14.7. The minimum Gasteiger partial charge on any atom is -0.468 e. The van der Waals surface area contributed by atoms with Gasteiger partial charge < -0.3 is 4.74 Å². The van der Waals surface area contributed by atoms with Gasteiger partial charge in [-0.2, -0.15) is 5.10 Å². The molecule has 2 heterocycles. The van der Waals surface area contributed by atoms with Gasteiger partial charge in [-0.1, -0.05) is 30.3 Å². The van der Waals surface area contributed by atoms with Crippen molar-refractivity contribution in [3.8, 4) is 17.0 Å². The van der Waals surface area contributed by atoms with Gasteiger partial charge in [0.2, 0.25) is 5.88 Å². The maximum absolute atomic E-state index is 11.1. The zero-order valence-corrected chi connectivity index (χ0v) is 11.4. The standard InChI is InChI=1S/C14H13N5O2/c1-19-12(15-9-16-19)8-21-14-13(11(7-20)17-18-14)10-5-3-2-4-6-10/h2-7,9H,8H2,1H3,(H,17,18). The Bertz CT molecular complexity index is 748. The molecule has 0 bridgehead atoms. The van der Waals surface area contributed by atoms with E-state index in [1.165, 1.54) is 6.33 Å². The third-order valence-electron chi connectivity index (χ3n) is 3.08. The van der Waals surface area contributed by atoms with E-state index in [1.807, 2.05) is 30.3 Å². The summed E-state index contributed by atoms with van der Waals surface area (Å²) in [7, 11) is 1.78. The van der Waals surface area contributed by atoms with Crippen LogP contribution in [0.2, 0.25) is 0 Å². The molecule has 0 saturated carbocycles. The fraction of sp³-hybridized carbons (Fsp3) is 0.143. The number of nitrogens with one attached hydrogen (secondary N) is 1. The van der Waals surface area contributed by atoms with Crippen LogP contribution in [-0.4, -0.2) is 31.2 Å². The first-order valence-corrected chi connectivity index (χ1v) is 6.34. The van der Waals surface area contributed by atoms with E-state index in [0.29, 0.717) is 23.0 Å². The van der Waals surface area contributed by atoms with Gasteiger partial charge in [0.15, 0.2) is 12.1 Å². The highest BCUT2D eigenvalue weighted by molar-refractivity contribution is 5.87. The normalized spacial score (nSPS) is 10.5. The molecule has 0 aliphatic carbocycles. The molecule has 1 aromatic carbocycles. The van der Waals surface area contributed by atoms with Gasteiger partial charge in [-0.15, -0.1) is 5.10 Å². The molecule has 0 radical (unpaired) electrons. The third kappa shape index (κ3) is 2.53. The molecule has 0 aliphatic heterocycles. The Morgan fingerprint density at radius 3 is 2.81 bits per heavy atom. The molecule has 0 amide bonds. The van der Waals surface area contributed by atoms with Crippen LogP contribution in [0, 0.1) is 0 Å². The predicted molar refractivity (Wildman–Crippen MR) is 74.7 cm³/mol. The summed E-state index contributed by atoms with van der Waals surface area (Å²) in [4.78, 5) is 15.2. The van der Waals surface area contributed by atoms with Crippen LogP contribution in [-0.2, 0) is 13.7 Å². The Hall–Kier alpha value is -2.96. The van der Waals surface area contributed by atoms with Crippen molar-refractivity contribution in [2.45, 2.75) is 6.61 Å². The Morgan fingerprint density at radius 2 is 2.14 bits per heavy atom. The molecule has 3 rings (SSSR count). The molecule has 0 unspecified atom stereocenters. The van der Waals surface area contributed by atoms with Crippen molar-refractivity contribution in [2.75, 3.05) is 0 Å². The molecule has 0 spiro atoms. The highest BCUT2D eigenvalue weighted by atomic mass is 16.5. The number of carbonyl (C=O) groups excluding carboxylic acids is 1. The second kappa shape index (κ2) is 5.58. The second-order valence-electron chi connectivity index (χ2n) is 4.39. The van der Waals surface area contributed by atoms with Crippen molar-refractivity contribution in [1.29, 1.82) is 0 Å². The van der Waals surface area contributed by atoms with E-state index in [9.17, 15) is 4.79 Å². The Kier molecular flexibility index (Phi) is 3.46. The molecule has 1 N–H and O–H groups in total. The number of aromatic amines is 1. The van der Waals surface area contributed by atoms with E-state index in [4.69, 9.17) is 4.74 Å². The van der Waals surface area contributed by atoms with Crippen molar-refractivity contribution in [3.63, 3.8) is 0 Å². The minimum atomic E-state index is 0.222. The maximum atomic E-state index is 11.1. The van der Waals surface area contributed by atoms with Crippen LogP contribution in [0.15, 0.2) is 36.7 Å². The first-order valence-electron chi connectivity index (χ1n) is 6.34. The Labute approximate surface area is 120 Å². The summed E-state index contributed by atoms with van der Waals surface area (Å²) in [6, 6.07) is 9.48. The van der Waals surface area contributed by atoms with Crippen LogP contribution in [0.3, 0.4) is 0 Å². The molecule has 0 fully saturated rings. The SMILES string of the molecule is Cn1ncnc1COc1n[nH]c(C=O)c1-c1ccccc1. The topological polar surface area (TPSA) is 85.7 Å². The highest BCUT2D eigenvalue weighted by Gasteiger charge is 2.16. The van der Waals surface area contributed by atoms with Gasteiger partial charge in [0, 0.05) is 7.05 Å². The number of hydrogen-bond donors (Lipinski definition) is 1. The van der Waals surface area contributed by atoms with Crippen LogP contribution >= 0.6 is 0 Å². The number of carbonyl (C=O) groups is 1. The molecule has 0 aliphatic rings. The van der Waals surface area contributed by atoms with E-state index in [-0.39, 0.29) is 6.61 Å². The van der Waals surface area contributed by atoms with Crippen LogP contribution in [0.25, 0.3) is 11.1 Å². The quantitative estimate of drug-likeness (QED) is 0.719. The Balaban J connectivity index is 1.91. The lowest BCUT2D eigenvalue weighted by Crippen LogP contribution is -2.05. The van der Waals surface area contributed by atoms with Crippen molar-refractivity contribution >= 4 is 6.29 Å². The van der Waals surface area contributed by atoms with E-state index in [2.05, 4.69) is 20.3 Å². The van der Waals surface area contributed by atoms with Crippen LogP contribution in [0.4, 0.5) is 0 Å². The van der Waals surface area contributed by atoms with E-state index >= 15 is 0 Å². The smallest absolute Gasteiger partial charge is 0.241 e. The molecule has 21 heavy (non-hydrogen) atoms. The predicted octanol–water partition coefficient (Wildman–Crippen LogP) is 1.60. The summed E-state index contributed by atoms with van der Waals surface area (Å²) >= 11 is 0. The number of hydrogen-bond acceptors (Lipinski definition) is 5. The molecular weight excluding hydrogens is 270 g/mol. The first kappa shape index (κ1) is 13.0. The molecule has 2 aromatic heterocycles. The van der Waals surface area contributed by atoms with E-state index in [1.54, 1.807) is 11.7 Å². The fourth-order valence-corrected chi connectivity index (χ4v) is 2.00. The molecule has 0 atom stereocenters. The summed E-state index contributed by atoms with van der Waals surface area (Å²) < 4.78 is 7.30. The van der Waals surface area contributed by atoms with Gasteiger partial charge in [-0.05, 0) is 5.56 Å². The van der Waals surface area contributed by atoms with E-state index < -0.39 is 0 Å². The monoisotopic (exact) mass is 283 g/mol. The highest BCUT2D eigenvalue weighted by Crippen LogP contribution is 2.30. The lowest BCUT2D eigenvalue weighted by atomic mass is 10.1. The fourth-order valence-electron chi connectivity index (χ4n) is 2.00. The van der Waals surface area contributed by atoms with Crippen LogP contribution in [0.5, 0.6) is 5.88 Å². The van der Waals surface area contributed by atoms with Gasteiger partial charge in [0.25, 0.3) is 0 Å². The number of aryl methyl sites for hydroxylation is 1. The molecule has 106 valence electrons. The third-order valence-corrected chi connectivity index (χ3v) is 3.08. The average molecular weight is 283 g/mol. The Morgan fingerprint density at radius 1 is 1.33 bits per heavy atom. The molecule has 3 aromatic rings. The number of rotatable bonds is 5. The molecule has 0 saturated heterocycles. The van der Waals surface area contributed by atoms with Crippen LogP contribution in [0.1, 0.15) is 16.3 Å². The number of benzene rings is 1. The summed E-state index contributed by atoms with van der Waals surface area (Å²) in [6.45, 7) is 0.222. The van der Waals surface area contributed by atoms with E-state index in [0.717, 1.165) is 11.8 Å². The lowest BCUT2D eigenvalue weighted by Gasteiger charge is -2.06. The number of aromatic nitrogens is 5. The van der Waals surface area contributed by atoms with Gasteiger partial charge >= 0.3 is 0 Å². The second-order valence-corrected chi connectivity index (χ2v) is 4.39. The van der Waals surface area contributed by atoms with Crippen molar-refractivity contribution < 1.29 is 9.53 Å². The first-order chi connectivity index (χ1) is 10.3. The zero-order valence-electron chi connectivity index (χ0n) is 11.4. The summed E-state index contributed by atoms with van der Waals surface area (Å²) in [5, 5.41) is 10.7. The summed E-state index contributed by atoms with van der Waals surface area (Å²) in [5.41, 5.74) is 1.89. The number of H-pyrrole nitrogens is 1. The van der Waals surface area contributed by atoms with Crippen molar-refractivity contribution in [1.82, 2.24) is 25.0 Å². The van der Waals surface area contributed by atoms with Gasteiger partial charge in [0.1, 0.15) is 18.6 Å². The lowest BCUT2D eigenvalue weighted by molar-refractivity contribution is 0.111. The maximum Gasteiger partial charge on any atom is 0.241 e.